The first-order valence-electron chi connectivity index (χ1n) is 18.8. The first-order valence-corrected chi connectivity index (χ1v) is 18.8. The number of methoxy groups -OCH3 is 1. The highest BCUT2D eigenvalue weighted by Gasteiger charge is 2.38. The van der Waals surface area contributed by atoms with Gasteiger partial charge in [0.2, 0.25) is 5.88 Å². The lowest BCUT2D eigenvalue weighted by molar-refractivity contribution is 0.287. The molecule has 1 N–H and O–H groups in total. The van der Waals surface area contributed by atoms with Gasteiger partial charge in [0.15, 0.2) is 0 Å². The number of hydrogen-bond donors (Lipinski definition) is 1. The predicted octanol–water partition coefficient (Wildman–Crippen LogP) is 8.96. The lowest BCUT2D eigenvalue weighted by Crippen LogP contribution is -2.22. The molecule has 1 unspecified atom stereocenters. The first-order chi connectivity index (χ1) is 27.3. The van der Waals surface area contributed by atoms with Crippen LogP contribution in [0.15, 0.2) is 171 Å². The number of aliphatic imine (C=N–C) groups is 3. The Bertz CT molecular complexity index is 2880. The van der Waals surface area contributed by atoms with E-state index in [9.17, 15) is 5.26 Å². The maximum atomic E-state index is 11.2. The Morgan fingerprint density at radius 1 is 0.500 bits per heavy atom. The van der Waals surface area contributed by atoms with Gasteiger partial charge in [-0.1, -0.05) is 119 Å². The second kappa shape index (κ2) is 14.0. The van der Waals surface area contributed by atoms with Gasteiger partial charge in [0, 0.05) is 38.6 Å². The van der Waals surface area contributed by atoms with E-state index in [0.717, 1.165) is 83.5 Å². The molecule has 0 amide bonds. The molecular weight excluding hydrogens is 687 g/mol. The van der Waals surface area contributed by atoms with E-state index in [1.165, 1.54) is 11.1 Å². The Morgan fingerprint density at radius 2 is 0.911 bits per heavy atom. The van der Waals surface area contributed by atoms with E-state index in [-0.39, 0.29) is 0 Å². The van der Waals surface area contributed by atoms with Crippen molar-refractivity contribution in [3.63, 3.8) is 0 Å². The van der Waals surface area contributed by atoms with Gasteiger partial charge >= 0.3 is 0 Å². The number of hydrogen-bond acceptors (Lipinski definition) is 5. The maximum Gasteiger partial charge on any atom is 0.219 e. The van der Waals surface area contributed by atoms with Crippen LogP contribution in [0.1, 0.15) is 44.5 Å². The zero-order chi connectivity index (χ0) is 38.5. The topological polar surface area (TPSA) is 85.9 Å². The fourth-order valence-corrected chi connectivity index (χ4v) is 7.83. The van der Waals surface area contributed by atoms with E-state index in [1.54, 1.807) is 7.11 Å². The summed E-state index contributed by atoms with van der Waals surface area (Å²) in [4.78, 5) is 19.7. The van der Waals surface area contributed by atoms with Gasteiger partial charge in [0.05, 0.1) is 41.7 Å². The Labute approximate surface area is 326 Å². The number of allylic oxidation sites excluding steroid dienone is 7. The van der Waals surface area contributed by atoms with E-state index in [0.29, 0.717) is 22.9 Å². The number of aromatic amines is 1. The van der Waals surface area contributed by atoms with Crippen molar-refractivity contribution in [3.8, 4) is 6.07 Å². The summed E-state index contributed by atoms with van der Waals surface area (Å²) in [6.45, 7) is 8.33. The van der Waals surface area contributed by atoms with Gasteiger partial charge in [-0.05, 0) is 86.4 Å². The molecule has 8 bridgehead atoms. The average molecular weight is 726 g/mol. The van der Waals surface area contributed by atoms with E-state index in [2.05, 4.69) is 166 Å². The van der Waals surface area contributed by atoms with Crippen molar-refractivity contribution in [2.24, 2.45) is 20.9 Å². The molecule has 270 valence electrons. The molecule has 4 aliphatic heterocycles. The highest BCUT2D eigenvalue weighted by molar-refractivity contribution is 6.36. The number of benzene rings is 4. The highest BCUT2D eigenvalue weighted by Crippen LogP contribution is 2.42. The SMILES string of the molecule is COC1=C2C(c3ccc(C)cc3)=c3ccc([nH]3)=C(c3ccc(C)cc3)C3=NC(=C(c4ccc(C)cc4)C4=NC(=C(c5ccc(C)cc5)C(=N1)C2C#N)C=C4)C=C3. The average Bonchev–Trinajstić information content (AvgIpc) is 4.04. The Kier molecular flexibility index (Phi) is 8.63. The third kappa shape index (κ3) is 6.04. The van der Waals surface area contributed by atoms with Crippen LogP contribution in [0.3, 0.4) is 0 Å². The molecule has 0 spiro atoms. The van der Waals surface area contributed by atoms with E-state index >= 15 is 0 Å². The molecule has 0 saturated heterocycles. The van der Waals surface area contributed by atoms with Crippen LogP contribution in [0, 0.1) is 44.9 Å². The molecule has 5 heterocycles. The molecule has 9 rings (SSSR count). The van der Waals surface area contributed by atoms with Gasteiger partial charge in [-0.2, -0.15) is 5.26 Å². The maximum absolute atomic E-state index is 11.2. The van der Waals surface area contributed by atoms with Crippen LogP contribution in [0.2, 0.25) is 0 Å². The Balaban J connectivity index is 1.43. The van der Waals surface area contributed by atoms with Crippen LogP contribution in [-0.2, 0) is 4.74 Å². The molecule has 1 atom stereocenters. The van der Waals surface area contributed by atoms with Crippen molar-refractivity contribution in [2.75, 3.05) is 7.11 Å². The van der Waals surface area contributed by atoms with Gasteiger partial charge < -0.3 is 9.72 Å². The van der Waals surface area contributed by atoms with Gasteiger partial charge in [-0.25, -0.2) is 15.0 Å². The summed E-state index contributed by atoms with van der Waals surface area (Å²) in [5, 5.41) is 13.0. The number of aromatic nitrogens is 1. The minimum absolute atomic E-state index is 0.399. The quantitative estimate of drug-likeness (QED) is 0.196. The highest BCUT2D eigenvalue weighted by atomic mass is 16.5. The van der Waals surface area contributed by atoms with Crippen molar-refractivity contribution in [2.45, 2.75) is 27.7 Å². The summed E-state index contributed by atoms with van der Waals surface area (Å²) in [5.74, 6) is -0.370. The largest absolute Gasteiger partial charge is 0.481 e. The van der Waals surface area contributed by atoms with Gasteiger partial charge in [-0.3, -0.25) is 0 Å². The van der Waals surface area contributed by atoms with Crippen LogP contribution < -0.4 is 10.7 Å². The smallest absolute Gasteiger partial charge is 0.219 e. The zero-order valence-electron chi connectivity index (χ0n) is 32.0. The van der Waals surface area contributed by atoms with Crippen LogP contribution in [0.5, 0.6) is 0 Å². The van der Waals surface area contributed by atoms with Gasteiger partial charge in [0.1, 0.15) is 5.92 Å². The standard InChI is InChI=1S/C50H39N5O/c1-29-6-14-33(15-7-29)44-38-22-23-39(52-38)45(34-16-8-30(2)9-17-34)41-25-27-43(54-41)47(36-20-12-32(4)13-21-36)49-37(28-51)48(50(55-49)56-5)46(42-26-24-40(44)53-42)35-18-10-31(3)11-19-35/h6-27,37,53H,1-5H3. The molecule has 6 heteroatoms. The van der Waals surface area contributed by atoms with Gasteiger partial charge in [0.25, 0.3) is 0 Å². The fraction of sp³-hybridized carbons (Fsp3) is 0.120. The second-order valence-electron chi connectivity index (χ2n) is 14.7. The van der Waals surface area contributed by atoms with Crippen molar-refractivity contribution < 1.29 is 4.74 Å². The van der Waals surface area contributed by atoms with Gasteiger partial charge in [-0.15, -0.1) is 0 Å². The molecule has 0 fully saturated rings. The zero-order valence-corrected chi connectivity index (χ0v) is 32.0. The number of nitriles is 1. The monoisotopic (exact) mass is 725 g/mol. The number of aryl methyl sites for hydroxylation is 4. The Morgan fingerprint density at radius 3 is 1.39 bits per heavy atom. The molecule has 0 saturated carbocycles. The predicted molar refractivity (Wildman–Crippen MR) is 227 cm³/mol. The number of rotatable bonds is 5. The normalized spacial score (nSPS) is 17.4. The van der Waals surface area contributed by atoms with Crippen LogP contribution in [-0.4, -0.2) is 29.2 Å². The molecule has 4 aromatic carbocycles. The number of H-pyrrole nitrogens is 1. The summed E-state index contributed by atoms with van der Waals surface area (Å²) in [6, 6.07) is 40.6. The second-order valence-corrected chi connectivity index (χ2v) is 14.7. The molecule has 56 heavy (non-hydrogen) atoms. The van der Waals surface area contributed by atoms with Crippen LogP contribution >= 0.6 is 0 Å². The fourth-order valence-electron chi connectivity index (χ4n) is 7.83. The summed E-state index contributed by atoms with van der Waals surface area (Å²) in [6.07, 6.45) is 8.28. The Hall–Kier alpha value is -7.10. The number of nitrogens with one attached hydrogen (secondary N) is 1. The van der Waals surface area contributed by atoms with E-state index in [1.807, 2.05) is 6.08 Å². The third-order valence-electron chi connectivity index (χ3n) is 10.8. The molecular formula is C50H39N5O. The van der Waals surface area contributed by atoms with E-state index < -0.39 is 5.92 Å². The van der Waals surface area contributed by atoms with Crippen molar-refractivity contribution in [3.05, 3.63) is 212 Å². The van der Waals surface area contributed by atoms with Crippen LogP contribution in [0.4, 0.5) is 0 Å². The molecule has 6 nitrogen and oxygen atoms in total. The third-order valence-corrected chi connectivity index (χ3v) is 10.8. The van der Waals surface area contributed by atoms with Crippen molar-refractivity contribution in [1.29, 1.82) is 5.26 Å². The minimum atomic E-state index is -0.768. The summed E-state index contributed by atoms with van der Waals surface area (Å²) < 4.78 is 6.12. The van der Waals surface area contributed by atoms with E-state index in [4.69, 9.17) is 19.7 Å². The molecule has 5 aromatic rings. The molecule has 0 aliphatic carbocycles. The first kappa shape index (κ1) is 34.7. The van der Waals surface area contributed by atoms with Crippen molar-refractivity contribution in [1.82, 2.24) is 4.98 Å². The van der Waals surface area contributed by atoms with Crippen LogP contribution in [0.25, 0.3) is 22.3 Å². The number of fused-ring (bicyclic) bond motifs is 6. The summed E-state index contributed by atoms with van der Waals surface area (Å²) >= 11 is 0. The molecule has 0 radical (unpaired) electrons. The number of nitrogens with zero attached hydrogens (tertiary/aromatic N) is 4. The summed E-state index contributed by atoms with van der Waals surface area (Å²) in [5.41, 5.74) is 16.5. The van der Waals surface area contributed by atoms with Crippen molar-refractivity contribution >= 4 is 39.4 Å². The summed E-state index contributed by atoms with van der Waals surface area (Å²) in [7, 11) is 1.63. The molecule has 4 aliphatic rings. The number of ether oxygens (including phenoxy) is 1. The minimum Gasteiger partial charge on any atom is -0.481 e. The molecule has 1 aromatic heterocycles. The lowest BCUT2D eigenvalue weighted by Gasteiger charge is -2.17. The lowest BCUT2D eigenvalue weighted by atomic mass is 9.83.